The van der Waals surface area contributed by atoms with E-state index >= 15 is 0 Å². The van der Waals surface area contributed by atoms with E-state index in [0.717, 1.165) is 12.8 Å². The van der Waals surface area contributed by atoms with E-state index in [-0.39, 0.29) is 29.9 Å². The van der Waals surface area contributed by atoms with Crippen molar-refractivity contribution in [1.29, 1.82) is 0 Å². The standard InChI is InChI=1S/C35H38Cl2N8O4/c1-19(25-11-13-31(47)43-25)39-18-29-35(49-3)45-27(17-41-29)24-9-5-7-22(33(24)37)21-6-4-8-23(32(21)36)26-16-40-28(34(44-26)48-2)15-38-14-20-10-12-30(46)42-20/h4-9,16-17,19-20,25,38-39H,10-15,18H2,1-3H3,(H,42,46)(H,43,47)/t19-,20-,25+/m0/s1. The summed E-state index contributed by atoms with van der Waals surface area (Å²) in [5, 5.41) is 13.6. The fraction of sp³-hybridized carbons (Fsp3) is 0.371. The number of ether oxygens (including phenoxy) is 2. The summed E-state index contributed by atoms with van der Waals surface area (Å²) in [4.78, 5) is 41.8. The minimum atomic E-state index is 0.0596. The number of nitrogens with one attached hydrogen (secondary N) is 4. The van der Waals surface area contributed by atoms with Crippen LogP contribution in [-0.4, -0.2) is 70.6 Å². The van der Waals surface area contributed by atoms with E-state index in [1.165, 1.54) is 0 Å². The maximum absolute atomic E-state index is 11.6. The van der Waals surface area contributed by atoms with Crippen molar-refractivity contribution in [1.82, 2.24) is 41.2 Å². The molecule has 0 radical (unpaired) electrons. The van der Waals surface area contributed by atoms with E-state index in [1.807, 2.05) is 43.3 Å². The second-order valence-corrected chi connectivity index (χ2v) is 12.8. The largest absolute Gasteiger partial charge is 0.480 e. The number of hydrogen-bond donors (Lipinski definition) is 4. The molecule has 0 unspecified atom stereocenters. The molecule has 256 valence electrons. The number of carbonyl (C=O) groups excluding carboxylic acids is 2. The predicted octanol–water partition coefficient (Wildman–Crippen LogP) is 4.72. The van der Waals surface area contributed by atoms with Gasteiger partial charge in [-0.25, -0.2) is 9.97 Å². The molecule has 0 aliphatic carbocycles. The summed E-state index contributed by atoms with van der Waals surface area (Å²) in [5.74, 6) is 0.919. The first kappa shape index (κ1) is 34.5. The molecule has 2 aliphatic heterocycles. The Morgan fingerprint density at radius 1 is 0.796 bits per heavy atom. The first-order valence-corrected chi connectivity index (χ1v) is 16.9. The lowest BCUT2D eigenvalue weighted by Gasteiger charge is -2.21. The Balaban J connectivity index is 1.21. The van der Waals surface area contributed by atoms with Gasteiger partial charge >= 0.3 is 0 Å². The molecule has 2 aromatic carbocycles. The number of halogens is 2. The van der Waals surface area contributed by atoms with Gasteiger partial charge in [0.25, 0.3) is 0 Å². The number of amides is 2. The van der Waals surface area contributed by atoms with Crippen LogP contribution in [0.5, 0.6) is 11.8 Å². The second-order valence-electron chi connectivity index (χ2n) is 12.1. The highest BCUT2D eigenvalue weighted by Gasteiger charge is 2.26. The van der Waals surface area contributed by atoms with Crippen LogP contribution in [0.1, 0.15) is 44.0 Å². The fourth-order valence-electron chi connectivity index (χ4n) is 6.11. The molecule has 49 heavy (non-hydrogen) atoms. The van der Waals surface area contributed by atoms with Gasteiger partial charge in [0.1, 0.15) is 11.4 Å². The zero-order chi connectivity index (χ0) is 34.5. The molecule has 0 bridgehead atoms. The highest BCUT2D eigenvalue weighted by atomic mass is 35.5. The van der Waals surface area contributed by atoms with Crippen molar-refractivity contribution >= 4 is 35.0 Å². The fourth-order valence-corrected chi connectivity index (χ4v) is 6.76. The first-order valence-electron chi connectivity index (χ1n) is 16.2. The number of benzene rings is 2. The van der Waals surface area contributed by atoms with Gasteiger partial charge in [0.2, 0.25) is 23.6 Å². The third kappa shape index (κ3) is 7.78. The third-order valence-corrected chi connectivity index (χ3v) is 9.66. The number of nitrogens with zero attached hydrogens (tertiary/aromatic N) is 4. The number of aromatic nitrogens is 4. The smallest absolute Gasteiger partial charge is 0.237 e. The van der Waals surface area contributed by atoms with Gasteiger partial charge in [-0.1, -0.05) is 59.6 Å². The lowest BCUT2D eigenvalue weighted by molar-refractivity contribution is -0.120. The summed E-state index contributed by atoms with van der Waals surface area (Å²) in [7, 11) is 3.11. The second kappa shape index (κ2) is 15.5. The van der Waals surface area contributed by atoms with E-state index in [9.17, 15) is 9.59 Å². The Bertz CT molecular complexity index is 1860. The SMILES string of the molecule is COc1nc(-c2cccc(-c3cccc(-c4cnc(CN[C@@H](C)[C@H]5CCC(=O)N5)c(OC)n4)c3Cl)c2Cl)cnc1CNC[C@@H]1CCC(=O)N1. The van der Waals surface area contributed by atoms with Gasteiger partial charge in [0.05, 0.1) is 48.0 Å². The van der Waals surface area contributed by atoms with Crippen LogP contribution in [0.15, 0.2) is 48.8 Å². The van der Waals surface area contributed by atoms with Crippen molar-refractivity contribution in [2.45, 2.75) is 63.8 Å². The normalized spacial score (nSPS) is 17.9. The molecule has 6 rings (SSSR count). The van der Waals surface area contributed by atoms with Gasteiger partial charge in [0, 0.05) is 72.9 Å². The predicted molar refractivity (Wildman–Crippen MR) is 187 cm³/mol. The first-order chi connectivity index (χ1) is 23.7. The molecule has 2 amide bonds. The minimum Gasteiger partial charge on any atom is -0.480 e. The van der Waals surface area contributed by atoms with Gasteiger partial charge < -0.3 is 30.7 Å². The molecule has 3 atom stereocenters. The molecule has 2 aliphatic rings. The van der Waals surface area contributed by atoms with Crippen LogP contribution in [0.4, 0.5) is 0 Å². The molecule has 2 fully saturated rings. The van der Waals surface area contributed by atoms with E-state index in [4.69, 9.17) is 42.6 Å². The Hall–Kier alpha value is -4.36. The monoisotopic (exact) mass is 704 g/mol. The minimum absolute atomic E-state index is 0.0596. The summed E-state index contributed by atoms with van der Waals surface area (Å²) >= 11 is 14.1. The van der Waals surface area contributed by atoms with Crippen LogP contribution in [-0.2, 0) is 22.7 Å². The van der Waals surface area contributed by atoms with Crippen LogP contribution >= 0.6 is 23.2 Å². The van der Waals surface area contributed by atoms with E-state index in [0.29, 0.717) is 99.3 Å². The van der Waals surface area contributed by atoms with Crippen molar-refractivity contribution < 1.29 is 19.1 Å². The van der Waals surface area contributed by atoms with Crippen LogP contribution < -0.4 is 30.7 Å². The Morgan fingerprint density at radius 2 is 1.33 bits per heavy atom. The highest BCUT2D eigenvalue weighted by molar-refractivity contribution is 6.39. The van der Waals surface area contributed by atoms with Crippen LogP contribution in [0.2, 0.25) is 10.0 Å². The highest BCUT2D eigenvalue weighted by Crippen LogP contribution is 2.42. The maximum atomic E-state index is 11.6. The molecule has 2 aromatic heterocycles. The van der Waals surface area contributed by atoms with Crippen molar-refractivity contribution in [3.63, 3.8) is 0 Å². The summed E-state index contributed by atoms with van der Waals surface area (Å²) < 4.78 is 11.2. The molecular formula is C35H38Cl2N8O4. The summed E-state index contributed by atoms with van der Waals surface area (Å²) in [6.45, 7) is 3.52. The van der Waals surface area contributed by atoms with E-state index in [2.05, 4.69) is 31.2 Å². The van der Waals surface area contributed by atoms with Gasteiger partial charge in [-0.2, -0.15) is 0 Å². The van der Waals surface area contributed by atoms with Crippen LogP contribution in [0.3, 0.4) is 0 Å². The average molecular weight is 706 g/mol. The van der Waals surface area contributed by atoms with Crippen molar-refractivity contribution in [2.75, 3.05) is 20.8 Å². The van der Waals surface area contributed by atoms with E-state index in [1.54, 1.807) is 26.6 Å². The quantitative estimate of drug-likeness (QED) is 0.154. The molecule has 4 aromatic rings. The molecule has 4 heterocycles. The summed E-state index contributed by atoms with van der Waals surface area (Å²) in [6.07, 6.45) is 6.05. The molecule has 4 N–H and O–H groups in total. The number of hydrogen-bond acceptors (Lipinski definition) is 10. The van der Waals surface area contributed by atoms with Crippen molar-refractivity contribution in [2.24, 2.45) is 0 Å². The zero-order valence-electron chi connectivity index (χ0n) is 27.5. The lowest BCUT2D eigenvalue weighted by Crippen LogP contribution is -2.43. The van der Waals surface area contributed by atoms with Crippen LogP contribution in [0, 0.1) is 0 Å². The molecule has 0 saturated carbocycles. The number of rotatable bonds is 13. The summed E-state index contributed by atoms with van der Waals surface area (Å²) in [5.41, 5.74) is 5.15. The zero-order valence-corrected chi connectivity index (χ0v) is 29.0. The third-order valence-electron chi connectivity index (χ3n) is 8.84. The molecule has 12 nitrogen and oxygen atoms in total. The van der Waals surface area contributed by atoms with Gasteiger partial charge in [-0.15, -0.1) is 0 Å². The van der Waals surface area contributed by atoms with Gasteiger partial charge in [-0.05, 0) is 19.8 Å². The van der Waals surface area contributed by atoms with Gasteiger partial charge in [-0.3, -0.25) is 19.6 Å². The molecule has 0 spiro atoms. The maximum Gasteiger partial charge on any atom is 0.237 e. The summed E-state index contributed by atoms with van der Waals surface area (Å²) in [6, 6.07) is 11.6. The van der Waals surface area contributed by atoms with Gasteiger partial charge in [0.15, 0.2) is 0 Å². The van der Waals surface area contributed by atoms with Crippen molar-refractivity contribution in [3.05, 3.63) is 70.2 Å². The number of carbonyl (C=O) groups is 2. The van der Waals surface area contributed by atoms with E-state index < -0.39 is 0 Å². The van der Waals surface area contributed by atoms with Crippen LogP contribution in [0.25, 0.3) is 33.6 Å². The molecular weight excluding hydrogens is 667 g/mol. The molecule has 14 heteroatoms. The number of methoxy groups -OCH3 is 2. The molecule has 2 saturated heterocycles. The Morgan fingerprint density at radius 3 is 1.84 bits per heavy atom. The average Bonchev–Trinajstić information content (AvgIpc) is 3.75. The van der Waals surface area contributed by atoms with Crippen molar-refractivity contribution in [3.8, 4) is 45.4 Å². The topological polar surface area (TPSA) is 152 Å². The Kier molecular flexibility index (Phi) is 10.9. The Labute approximate surface area is 294 Å². The lowest BCUT2D eigenvalue weighted by atomic mass is 9.98.